The smallest absolute Gasteiger partial charge is 0.328 e. The van der Waals surface area contributed by atoms with Crippen molar-refractivity contribution in [3.8, 4) is 0 Å². The lowest BCUT2D eigenvalue weighted by Gasteiger charge is -2.49. The van der Waals surface area contributed by atoms with E-state index in [9.17, 15) is 14.4 Å². The minimum absolute atomic E-state index is 0.00262. The van der Waals surface area contributed by atoms with Crippen LogP contribution >= 0.6 is 15.9 Å². The normalized spacial score (nSPS) is 25.4. The third-order valence-corrected chi connectivity index (χ3v) is 6.32. The molecule has 2 aromatic carbocycles. The standard InChI is InChI=1S/C23H21BrO5/c1-22(2)28-20(26)23(21(27)29-22)18(14-6-4-3-5-7-14)12-17(25)13-19(23)15-8-10-16(24)11-9-15/h3-11,18-19H,12-13H2,1-2H3/t18-,19+/m1/s1. The molecule has 1 aliphatic heterocycles. The highest BCUT2D eigenvalue weighted by atomic mass is 79.9. The largest absolute Gasteiger partial charge is 0.422 e. The van der Waals surface area contributed by atoms with Crippen molar-refractivity contribution in [2.24, 2.45) is 5.41 Å². The second kappa shape index (κ2) is 7.10. The van der Waals surface area contributed by atoms with Crippen LogP contribution in [0.3, 0.4) is 0 Å². The number of esters is 2. The Kier molecular flexibility index (Phi) is 4.85. The van der Waals surface area contributed by atoms with Crippen LogP contribution in [0.25, 0.3) is 0 Å². The van der Waals surface area contributed by atoms with E-state index in [0.29, 0.717) is 0 Å². The summed E-state index contributed by atoms with van der Waals surface area (Å²) in [5.41, 5.74) is -0.134. The van der Waals surface area contributed by atoms with Crippen molar-refractivity contribution in [2.45, 2.75) is 44.3 Å². The van der Waals surface area contributed by atoms with Crippen LogP contribution in [-0.2, 0) is 23.9 Å². The Balaban J connectivity index is 1.94. The molecule has 4 rings (SSSR count). The summed E-state index contributed by atoms with van der Waals surface area (Å²) in [4.78, 5) is 39.7. The molecule has 2 aliphatic rings. The fraction of sp³-hybridized carbons (Fsp3) is 0.348. The Morgan fingerprint density at radius 3 is 1.79 bits per heavy atom. The molecule has 150 valence electrons. The highest BCUT2D eigenvalue weighted by Crippen LogP contribution is 2.57. The zero-order chi connectivity index (χ0) is 20.8. The number of rotatable bonds is 2. The summed E-state index contributed by atoms with van der Waals surface area (Å²) < 4.78 is 12.1. The molecule has 2 atom stereocenters. The summed E-state index contributed by atoms with van der Waals surface area (Å²) in [6.07, 6.45) is 0.164. The molecule has 0 aromatic heterocycles. The van der Waals surface area contributed by atoms with Crippen LogP contribution in [0.1, 0.15) is 49.7 Å². The van der Waals surface area contributed by atoms with Crippen LogP contribution in [-0.4, -0.2) is 23.5 Å². The van der Waals surface area contributed by atoms with Crippen LogP contribution in [0.5, 0.6) is 0 Å². The quantitative estimate of drug-likeness (QED) is 0.491. The molecule has 1 aliphatic carbocycles. The molecule has 0 bridgehead atoms. The molecule has 1 heterocycles. The fourth-order valence-electron chi connectivity index (χ4n) is 4.53. The summed E-state index contributed by atoms with van der Waals surface area (Å²) in [6, 6.07) is 16.5. The lowest BCUT2D eigenvalue weighted by Crippen LogP contribution is -2.61. The summed E-state index contributed by atoms with van der Waals surface area (Å²) in [5.74, 6) is -3.93. The monoisotopic (exact) mass is 456 g/mol. The Hall–Kier alpha value is -2.47. The molecule has 5 nitrogen and oxygen atoms in total. The van der Waals surface area contributed by atoms with Crippen LogP contribution in [0.2, 0.25) is 0 Å². The van der Waals surface area contributed by atoms with Gasteiger partial charge in [0.05, 0.1) is 0 Å². The topological polar surface area (TPSA) is 69.7 Å². The molecule has 6 heteroatoms. The molecule has 1 saturated heterocycles. The molecule has 1 saturated carbocycles. The predicted molar refractivity (Wildman–Crippen MR) is 109 cm³/mol. The van der Waals surface area contributed by atoms with E-state index in [2.05, 4.69) is 15.9 Å². The zero-order valence-electron chi connectivity index (χ0n) is 16.2. The van der Waals surface area contributed by atoms with Crippen molar-refractivity contribution in [3.63, 3.8) is 0 Å². The SMILES string of the molecule is CC1(C)OC(=O)C2(C(=O)O1)[C@@H](c1ccccc1)CC(=O)C[C@H]2c1ccc(Br)cc1. The number of Topliss-reactive ketones (excluding diaryl/α,β-unsaturated/α-hetero) is 1. The van der Waals surface area contributed by atoms with Gasteiger partial charge < -0.3 is 9.47 Å². The number of cyclic esters (lactones) is 2. The Morgan fingerprint density at radius 2 is 1.28 bits per heavy atom. The van der Waals surface area contributed by atoms with Crippen molar-refractivity contribution in [3.05, 3.63) is 70.2 Å². The third-order valence-electron chi connectivity index (χ3n) is 5.79. The number of benzene rings is 2. The van der Waals surface area contributed by atoms with Crippen LogP contribution in [0, 0.1) is 5.41 Å². The average molecular weight is 457 g/mol. The average Bonchev–Trinajstić information content (AvgIpc) is 2.67. The Bertz CT molecular complexity index is 945. The van der Waals surface area contributed by atoms with E-state index in [-0.39, 0.29) is 18.6 Å². The first kappa shape index (κ1) is 19.8. The molecule has 0 radical (unpaired) electrons. The van der Waals surface area contributed by atoms with Crippen molar-refractivity contribution < 1.29 is 23.9 Å². The first-order valence-electron chi connectivity index (χ1n) is 9.53. The molecule has 0 N–H and O–H groups in total. The van der Waals surface area contributed by atoms with Crippen LogP contribution < -0.4 is 0 Å². The highest BCUT2D eigenvalue weighted by molar-refractivity contribution is 9.10. The van der Waals surface area contributed by atoms with Gasteiger partial charge in [-0.3, -0.25) is 14.4 Å². The molecule has 2 aromatic rings. The third kappa shape index (κ3) is 3.29. The van der Waals surface area contributed by atoms with Gasteiger partial charge in [0.25, 0.3) is 5.79 Å². The number of hydrogen-bond acceptors (Lipinski definition) is 5. The van der Waals surface area contributed by atoms with Crippen molar-refractivity contribution in [1.82, 2.24) is 0 Å². The second-order valence-electron chi connectivity index (χ2n) is 8.06. The maximum Gasteiger partial charge on any atom is 0.328 e. The van der Waals surface area contributed by atoms with Crippen LogP contribution in [0.4, 0.5) is 0 Å². The Labute approximate surface area is 177 Å². The molecular weight excluding hydrogens is 436 g/mol. The number of ketones is 1. The molecular formula is C23H21BrO5. The summed E-state index contributed by atoms with van der Waals surface area (Å²) >= 11 is 3.41. The lowest BCUT2D eigenvalue weighted by molar-refractivity contribution is -0.256. The van der Waals surface area contributed by atoms with E-state index < -0.39 is 35.0 Å². The molecule has 29 heavy (non-hydrogen) atoms. The van der Waals surface area contributed by atoms with E-state index in [4.69, 9.17) is 9.47 Å². The fourth-order valence-corrected chi connectivity index (χ4v) is 4.80. The summed E-state index contributed by atoms with van der Waals surface area (Å²) in [7, 11) is 0. The van der Waals surface area contributed by atoms with E-state index in [1.165, 1.54) is 13.8 Å². The van der Waals surface area contributed by atoms with Gasteiger partial charge in [-0.05, 0) is 23.3 Å². The number of carbonyl (C=O) groups excluding carboxylic acids is 3. The van der Waals surface area contributed by atoms with Gasteiger partial charge in [0.2, 0.25) is 0 Å². The molecule has 0 unspecified atom stereocenters. The molecule has 1 spiro atoms. The maximum absolute atomic E-state index is 13.5. The van der Waals surface area contributed by atoms with Gasteiger partial charge in [-0.25, -0.2) is 0 Å². The number of carbonyl (C=O) groups is 3. The van der Waals surface area contributed by atoms with Crippen molar-refractivity contribution in [1.29, 1.82) is 0 Å². The van der Waals surface area contributed by atoms with Gasteiger partial charge in [-0.15, -0.1) is 0 Å². The van der Waals surface area contributed by atoms with Gasteiger partial charge in [0.15, 0.2) is 5.41 Å². The number of hydrogen-bond donors (Lipinski definition) is 0. The zero-order valence-corrected chi connectivity index (χ0v) is 17.8. The number of ether oxygens (including phenoxy) is 2. The van der Waals surface area contributed by atoms with Gasteiger partial charge >= 0.3 is 11.9 Å². The maximum atomic E-state index is 13.5. The molecule has 2 fully saturated rings. The summed E-state index contributed by atoms with van der Waals surface area (Å²) in [6.45, 7) is 3.07. The van der Waals surface area contributed by atoms with E-state index in [1.54, 1.807) is 0 Å². The minimum Gasteiger partial charge on any atom is -0.422 e. The summed E-state index contributed by atoms with van der Waals surface area (Å²) in [5, 5.41) is 0. The lowest BCUT2D eigenvalue weighted by atomic mass is 9.55. The van der Waals surface area contributed by atoms with Gasteiger partial charge in [0.1, 0.15) is 5.78 Å². The predicted octanol–water partition coefficient (Wildman–Crippen LogP) is 4.50. The van der Waals surface area contributed by atoms with E-state index >= 15 is 0 Å². The first-order valence-corrected chi connectivity index (χ1v) is 10.3. The van der Waals surface area contributed by atoms with Crippen molar-refractivity contribution >= 4 is 33.7 Å². The highest BCUT2D eigenvalue weighted by Gasteiger charge is 2.67. The van der Waals surface area contributed by atoms with Gasteiger partial charge in [0, 0.05) is 43.0 Å². The minimum atomic E-state index is -1.61. The van der Waals surface area contributed by atoms with E-state index in [0.717, 1.165) is 15.6 Å². The van der Waals surface area contributed by atoms with Gasteiger partial charge in [-0.1, -0.05) is 58.4 Å². The van der Waals surface area contributed by atoms with Crippen LogP contribution in [0.15, 0.2) is 59.1 Å². The molecule has 0 amide bonds. The second-order valence-corrected chi connectivity index (χ2v) is 8.98. The number of halogens is 1. The van der Waals surface area contributed by atoms with Gasteiger partial charge in [-0.2, -0.15) is 0 Å². The first-order chi connectivity index (χ1) is 13.7. The Morgan fingerprint density at radius 1 is 0.793 bits per heavy atom. The van der Waals surface area contributed by atoms with E-state index in [1.807, 2.05) is 54.6 Å². The van der Waals surface area contributed by atoms with Crippen molar-refractivity contribution in [2.75, 3.05) is 0 Å².